The van der Waals surface area contributed by atoms with E-state index in [9.17, 15) is 18.8 Å². The SMILES string of the molecule is C[C@H](CC(=O)c1cccc(F)c1)C(=O)N1CCCC[C@@H]1CC(N)=O. The second-order valence-electron chi connectivity index (χ2n) is 6.39. The fourth-order valence-corrected chi connectivity index (χ4v) is 3.16. The molecule has 0 unspecified atom stereocenters. The van der Waals surface area contributed by atoms with E-state index in [-0.39, 0.29) is 36.1 Å². The van der Waals surface area contributed by atoms with Gasteiger partial charge in [-0.3, -0.25) is 14.4 Å². The van der Waals surface area contributed by atoms with E-state index in [1.54, 1.807) is 17.9 Å². The van der Waals surface area contributed by atoms with Crippen LogP contribution in [0.15, 0.2) is 24.3 Å². The van der Waals surface area contributed by atoms with E-state index >= 15 is 0 Å². The van der Waals surface area contributed by atoms with Crippen molar-refractivity contribution in [3.8, 4) is 0 Å². The van der Waals surface area contributed by atoms with E-state index in [1.807, 2.05) is 0 Å². The van der Waals surface area contributed by atoms with Crippen molar-refractivity contribution in [1.29, 1.82) is 0 Å². The zero-order chi connectivity index (χ0) is 17.7. The Balaban J connectivity index is 2.02. The smallest absolute Gasteiger partial charge is 0.226 e. The summed E-state index contributed by atoms with van der Waals surface area (Å²) in [5.74, 6) is -1.83. The van der Waals surface area contributed by atoms with Crippen LogP contribution in [0.1, 0.15) is 49.4 Å². The highest BCUT2D eigenvalue weighted by Gasteiger charge is 2.31. The molecule has 0 bridgehead atoms. The number of ketones is 1. The fourth-order valence-electron chi connectivity index (χ4n) is 3.16. The summed E-state index contributed by atoms with van der Waals surface area (Å²) in [5.41, 5.74) is 5.53. The van der Waals surface area contributed by atoms with E-state index in [2.05, 4.69) is 0 Å². The molecule has 2 N–H and O–H groups in total. The Morgan fingerprint density at radius 2 is 2.08 bits per heavy atom. The molecular weight excluding hydrogens is 311 g/mol. The predicted molar refractivity (Wildman–Crippen MR) is 87.7 cm³/mol. The van der Waals surface area contributed by atoms with E-state index < -0.39 is 17.6 Å². The topological polar surface area (TPSA) is 80.5 Å². The highest BCUT2D eigenvalue weighted by atomic mass is 19.1. The Morgan fingerprint density at radius 1 is 1.33 bits per heavy atom. The zero-order valence-corrected chi connectivity index (χ0v) is 13.8. The molecule has 1 saturated heterocycles. The predicted octanol–water partition coefficient (Wildman–Crippen LogP) is 2.29. The van der Waals surface area contributed by atoms with E-state index in [0.29, 0.717) is 6.54 Å². The molecule has 6 heteroatoms. The molecule has 0 radical (unpaired) electrons. The molecule has 1 fully saturated rings. The summed E-state index contributed by atoms with van der Waals surface area (Å²) in [4.78, 5) is 37.8. The van der Waals surface area contributed by atoms with Gasteiger partial charge < -0.3 is 10.6 Å². The summed E-state index contributed by atoms with van der Waals surface area (Å²) in [5, 5.41) is 0. The molecule has 0 spiro atoms. The first kappa shape index (κ1) is 18.1. The summed E-state index contributed by atoms with van der Waals surface area (Å²) in [6.45, 7) is 2.27. The number of nitrogens with two attached hydrogens (primary N) is 1. The summed E-state index contributed by atoms with van der Waals surface area (Å²) < 4.78 is 13.2. The second-order valence-corrected chi connectivity index (χ2v) is 6.39. The van der Waals surface area contributed by atoms with Gasteiger partial charge in [0.25, 0.3) is 0 Å². The number of Topliss-reactive ketones (excluding diaryl/α,β-unsaturated/α-hetero) is 1. The van der Waals surface area contributed by atoms with Gasteiger partial charge in [-0.2, -0.15) is 0 Å². The van der Waals surface area contributed by atoms with Crippen molar-refractivity contribution in [1.82, 2.24) is 4.90 Å². The molecule has 1 aromatic rings. The third-order valence-electron chi connectivity index (χ3n) is 4.41. The number of hydrogen-bond donors (Lipinski definition) is 1. The number of piperidine rings is 1. The minimum absolute atomic E-state index is 0.0160. The maximum Gasteiger partial charge on any atom is 0.226 e. The van der Waals surface area contributed by atoms with Crippen LogP contribution in [0.25, 0.3) is 0 Å². The summed E-state index contributed by atoms with van der Waals surface area (Å²) >= 11 is 0. The molecule has 2 rings (SSSR count). The molecule has 1 aliphatic rings. The first-order valence-corrected chi connectivity index (χ1v) is 8.26. The molecule has 24 heavy (non-hydrogen) atoms. The van der Waals surface area contributed by atoms with E-state index in [0.717, 1.165) is 19.3 Å². The van der Waals surface area contributed by atoms with Crippen molar-refractivity contribution in [3.05, 3.63) is 35.6 Å². The number of halogens is 1. The Labute approximate surface area is 141 Å². The molecule has 1 heterocycles. The van der Waals surface area contributed by atoms with Crippen LogP contribution < -0.4 is 5.73 Å². The van der Waals surface area contributed by atoms with Gasteiger partial charge in [0.15, 0.2) is 5.78 Å². The minimum Gasteiger partial charge on any atom is -0.370 e. The average molecular weight is 334 g/mol. The summed E-state index contributed by atoms with van der Waals surface area (Å²) in [6.07, 6.45) is 2.75. The number of likely N-dealkylation sites (tertiary alicyclic amines) is 1. The van der Waals surface area contributed by atoms with Crippen LogP contribution in [0.4, 0.5) is 4.39 Å². The van der Waals surface area contributed by atoms with Crippen LogP contribution in [0.5, 0.6) is 0 Å². The number of benzene rings is 1. The lowest BCUT2D eigenvalue weighted by Gasteiger charge is -2.36. The normalized spacial score (nSPS) is 18.9. The average Bonchev–Trinajstić information content (AvgIpc) is 2.54. The second kappa shape index (κ2) is 8.04. The quantitative estimate of drug-likeness (QED) is 0.811. The van der Waals surface area contributed by atoms with Crippen molar-refractivity contribution in [2.75, 3.05) is 6.54 Å². The van der Waals surface area contributed by atoms with Crippen molar-refractivity contribution >= 4 is 17.6 Å². The van der Waals surface area contributed by atoms with Crippen LogP contribution >= 0.6 is 0 Å². The number of carbonyl (C=O) groups excluding carboxylic acids is 3. The number of nitrogens with zero attached hydrogens (tertiary/aromatic N) is 1. The molecule has 0 aromatic heterocycles. The van der Waals surface area contributed by atoms with Crippen LogP contribution in [-0.2, 0) is 9.59 Å². The van der Waals surface area contributed by atoms with Gasteiger partial charge in [-0.05, 0) is 31.4 Å². The van der Waals surface area contributed by atoms with Gasteiger partial charge >= 0.3 is 0 Å². The largest absolute Gasteiger partial charge is 0.370 e. The first-order valence-electron chi connectivity index (χ1n) is 8.26. The van der Waals surface area contributed by atoms with Gasteiger partial charge in [-0.15, -0.1) is 0 Å². The van der Waals surface area contributed by atoms with Crippen LogP contribution in [0.3, 0.4) is 0 Å². The first-order chi connectivity index (χ1) is 11.4. The number of rotatable bonds is 6. The standard InChI is InChI=1S/C18H23FN2O3/c1-12(9-16(22)13-5-4-6-14(19)10-13)18(24)21-8-3-2-7-15(21)11-17(20)23/h4-6,10,12,15H,2-3,7-9,11H2,1H3,(H2,20,23)/t12-,15-/m1/s1. The summed E-state index contributed by atoms with van der Waals surface area (Å²) in [6, 6.07) is 5.28. The molecule has 0 aliphatic carbocycles. The molecule has 130 valence electrons. The van der Waals surface area contributed by atoms with Crippen molar-refractivity contribution < 1.29 is 18.8 Å². The third kappa shape index (κ3) is 4.63. The molecule has 1 aromatic carbocycles. The molecule has 2 amide bonds. The van der Waals surface area contributed by atoms with Crippen LogP contribution in [-0.4, -0.2) is 35.1 Å². The fraction of sp³-hybridized carbons (Fsp3) is 0.500. The lowest BCUT2D eigenvalue weighted by molar-refractivity contribution is -0.139. The summed E-state index contributed by atoms with van der Waals surface area (Å²) in [7, 11) is 0. The number of primary amides is 1. The lowest BCUT2D eigenvalue weighted by Crippen LogP contribution is -2.47. The molecule has 2 atom stereocenters. The van der Waals surface area contributed by atoms with Crippen LogP contribution in [0.2, 0.25) is 0 Å². The number of hydrogen-bond acceptors (Lipinski definition) is 3. The Hall–Kier alpha value is -2.24. The van der Waals surface area contributed by atoms with Gasteiger partial charge in [0.1, 0.15) is 5.82 Å². The Kier molecular flexibility index (Phi) is 6.06. The van der Waals surface area contributed by atoms with Crippen molar-refractivity contribution in [3.63, 3.8) is 0 Å². The number of carbonyl (C=O) groups is 3. The highest BCUT2D eigenvalue weighted by molar-refractivity contribution is 5.98. The maximum atomic E-state index is 13.2. The van der Waals surface area contributed by atoms with Gasteiger partial charge in [0, 0.05) is 36.9 Å². The zero-order valence-electron chi connectivity index (χ0n) is 13.8. The van der Waals surface area contributed by atoms with E-state index in [1.165, 1.54) is 18.2 Å². The van der Waals surface area contributed by atoms with Gasteiger partial charge in [0.05, 0.1) is 0 Å². The molecule has 0 saturated carbocycles. The third-order valence-corrected chi connectivity index (χ3v) is 4.41. The molecule has 5 nitrogen and oxygen atoms in total. The van der Waals surface area contributed by atoms with E-state index in [4.69, 9.17) is 5.73 Å². The maximum absolute atomic E-state index is 13.2. The molecule has 1 aliphatic heterocycles. The highest BCUT2D eigenvalue weighted by Crippen LogP contribution is 2.23. The van der Waals surface area contributed by atoms with Gasteiger partial charge in [0.2, 0.25) is 11.8 Å². The Morgan fingerprint density at radius 3 is 2.75 bits per heavy atom. The van der Waals surface area contributed by atoms with Gasteiger partial charge in [-0.1, -0.05) is 19.1 Å². The number of amides is 2. The van der Waals surface area contributed by atoms with Crippen LogP contribution in [0, 0.1) is 11.7 Å². The minimum atomic E-state index is -0.519. The monoisotopic (exact) mass is 334 g/mol. The van der Waals surface area contributed by atoms with Gasteiger partial charge in [-0.25, -0.2) is 4.39 Å². The lowest BCUT2D eigenvalue weighted by atomic mass is 9.94. The van der Waals surface area contributed by atoms with Crippen molar-refractivity contribution in [2.24, 2.45) is 11.7 Å². The Bertz CT molecular complexity index is 632. The van der Waals surface area contributed by atoms with Crippen molar-refractivity contribution in [2.45, 2.75) is 45.1 Å². The molecular formula is C18H23FN2O3.